The Hall–Kier alpha value is -0.610. The minimum Gasteiger partial charge on any atom is -0.356 e. The lowest BCUT2D eigenvalue weighted by molar-refractivity contribution is -0.125. The topological polar surface area (TPSA) is 58.4 Å². The normalized spacial score (nSPS) is 33.2. The maximum atomic E-state index is 12.0. The molecule has 18 heavy (non-hydrogen) atoms. The van der Waals surface area contributed by atoms with Crippen molar-refractivity contribution in [3.05, 3.63) is 0 Å². The van der Waals surface area contributed by atoms with Crippen molar-refractivity contribution in [2.45, 2.75) is 51.6 Å². The number of nitrogens with two attached hydrogens (primary N) is 1. The Labute approximate surface area is 110 Å². The average Bonchev–Trinajstić information content (AvgIpc) is 2.94. The van der Waals surface area contributed by atoms with Gasteiger partial charge in [0.1, 0.15) is 0 Å². The number of rotatable bonds is 4. The van der Waals surface area contributed by atoms with Crippen molar-refractivity contribution in [3.63, 3.8) is 0 Å². The van der Waals surface area contributed by atoms with E-state index in [1.54, 1.807) is 0 Å². The standard InChI is InChI=1S/C14H27N3O/c1-10(2)17-6-5-11(9-17)8-16-14(18)12-3-4-13(15)7-12/h10-13H,3-9,15H2,1-2H3,(H,16,18). The highest BCUT2D eigenvalue weighted by Crippen LogP contribution is 2.24. The summed E-state index contributed by atoms with van der Waals surface area (Å²) >= 11 is 0. The second-order valence-electron chi connectivity index (χ2n) is 6.26. The van der Waals surface area contributed by atoms with Gasteiger partial charge in [-0.15, -0.1) is 0 Å². The molecule has 3 unspecified atom stereocenters. The number of hydrogen-bond acceptors (Lipinski definition) is 3. The molecule has 2 aliphatic rings. The Kier molecular flexibility index (Phi) is 4.62. The third-order valence-electron chi connectivity index (χ3n) is 4.46. The maximum Gasteiger partial charge on any atom is 0.223 e. The van der Waals surface area contributed by atoms with Gasteiger partial charge in [0.05, 0.1) is 0 Å². The first kappa shape index (κ1) is 13.8. The summed E-state index contributed by atoms with van der Waals surface area (Å²) in [5, 5.41) is 3.13. The molecule has 1 aliphatic heterocycles. The Morgan fingerprint density at radius 1 is 1.39 bits per heavy atom. The number of carbonyl (C=O) groups excluding carboxylic acids is 1. The molecule has 4 heteroatoms. The Morgan fingerprint density at radius 3 is 2.72 bits per heavy atom. The average molecular weight is 253 g/mol. The number of hydrogen-bond donors (Lipinski definition) is 2. The van der Waals surface area contributed by atoms with E-state index in [1.807, 2.05) is 0 Å². The highest BCUT2D eigenvalue weighted by atomic mass is 16.1. The van der Waals surface area contributed by atoms with Crippen molar-refractivity contribution in [3.8, 4) is 0 Å². The molecular weight excluding hydrogens is 226 g/mol. The van der Waals surface area contributed by atoms with Crippen molar-refractivity contribution in [2.24, 2.45) is 17.6 Å². The minimum atomic E-state index is 0.169. The van der Waals surface area contributed by atoms with Crippen LogP contribution in [0.15, 0.2) is 0 Å². The minimum absolute atomic E-state index is 0.169. The molecule has 1 amide bonds. The zero-order valence-corrected chi connectivity index (χ0v) is 11.7. The lowest BCUT2D eigenvalue weighted by Crippen LogP contribution is -2.35. The van der Waals surface area contributed by atoms with E-state index in [0.29, 0.717) is 12.0 Å². The molecule has 0 aromatic rings. The smallest absolute Gasteiger partial charge is 0.223 e. The summed E-state index contributed by atoms with van der Waals surface area (Å²) in [7, 11) is 0. The second-order valence-corrected chi connectivity index (χ2v) is 6.26. The van der Waals surface area contributed by atoms with Crippen LogP contribution in [0.3, 0.4) is 0 Å². The van der Waals surface area contributed by atoms with E-state index in [1.165, 1.54) is 13.0 Å². The molecular formula is C14H27N3O. The molecule has 0 radical (unpaired) electrons. The second kappa shape index (κ2) is 6.02. The summed E-state index contributed by atoms with van der Waals surface area (Å²) in [6, 6.07) is 0.863. The van der Waals surface area contributed by atoms with Crippen LogP contribution in [-0.4, -0.2) is 42.5 Å². The summed E-state index contributed by atoms with van der Waals surface area (Å²) in [5.74, 6) is 1.03. The molecule has 0 spiro atoms. The Morgan fingerprint density at radius 2 is 2.17 bits per heavy atom. The molecule has 2 fully saturated rings. The fourth-order valence-corrected chi connectivity index (χ4v) is 3.14. The van der Waals surface area contributed by atoms with Gasteiger partial charge in [0, 0.05) is 31.1 Å². The number of nitrogens with one attached hydrogen (secondary N) is 1. The van der Waals surface area contributed by atoms with Crippen LogP contribution in [0.25, 0.3) is 0 Å². The molecule has 3 atom stereocenters. The quantitative estimate of drug-likeness (QED) is 0.784. The van der Waals surface area contributed by atoms with E-state index >= 15 is 0 Å². The summed E-state index contributed by atoms with van der Waals surface area (Å²) in [4.78, 5) is 14.5. The van der Waals surface area contributed by atoms with E-state index < -0.39 is 0 Å². The maximum absolute atomic E-state index is 12.0. The van der Waals surface area contributed by atoms with Crippen molar-refractivity contribution < 1.29 is 4.79 Å². The first-order valence-electron chi connectivity index (χ1n) is 7.33. The largest absolute Gasteiger partial charge is 0.356 e. The molecule has 1 aliphatic carbocycles. The SMILES string of the molecule is CC(C)N1CCC(CNC(=O)C2CCC(N)C2)C1. The Balaban J connectivity index is 1.68. The van der Waals surface area contributed by atoms with Crippen LogP contribution in [0.4, 0.5) is 0 Å². The molecule has 1 saturated heterocycles. The van der Waals surface area contributed by atoms with Crippen LogP contribution in [0.1, 0.15) is 39.5 Å². The molecule has 0 aromatic heterocycles. The van der Waals surface area contributed by atoms with Crippen LogP contribution in [0.5, 0.6) is 0 Å². The lowest BCUT2D eigenvalue weighted by Gasteiger charge is -2.20. The monoisotopic (exact) mass is 253 g/mol. The summed E-state index contributed by atoms with van der Waals surface area (Å²) < 4.78 is 0. The highest BCUT2D eigenvalue weighted by molar-refractivity contribution is 5.79. The summed E-state index contributed by atoms with van der Waals surface area (Å²) in [6.45, 7) is 7.62. The third kappa shape index (κ3) is 3.45. The number of amides is 1. The van der Waals surface area contributed by atoms with E-state index in [-0.39, 0.29) is 17.9 Å². The van der Waals surface area contributed by atoms with Gasteiger partial charge < -0.3 is 16.0 Å². The first-order chi connectivity index (χ1) is 8.56. The van der Waals surface area contributed by atoms with Gasteiger partial charge in [-0.2, -0.15) is 0 Å². The van der Waals surface area contributed by atoms with Gasteiger partial charge in [-0.05, 0) is 52.0 Å². The van der Waals surface area contributed by atoms with Crippen LogP contribution >= 0.6 is 0 Å². The fraction of sp³-hybridized carbons (Fsp3) is 0.929. The van der Waals surface area contributed by atoms with Gasteiger partial charge in [-0.25, -0.2) is 0 Å². The van der Waals surface area contributed by atoms with Crippen LogP contribution in [-0.2, 0) is 4.79 Å². The van der Waals surface area contributed by atoms with Gasteiger partial charge in [-0.1, -0.05) is 0 Å². The van der Waals surface area contributed by atoms with Gasteiger partial charge in [-0.3, -0.25) is 4.79 Å². The molecule has 1 heterocycles. The van der Waals surface area contributed by atoms with Crippen molar-refractivity contribution in [1.82, 2.24) is 10.2 Å². The molecule has 0 bridgehead atoms. The third-order valence-corrected chi connectivity index (χ3v) is 4.46. The van der Waals surface area contributed by atoms with Crippen molar-refractivity contribution in [1.29, 1.82) is 0 Å². The van der Waals surface area contributed by atoms with E-state index in [4.69, 9.17) is 5.73 Å². The lowest BCUT2D eigenvalue weighted by atomic mass is 10.1. The summed E-state index contributed by atoms with van der Waals surface area (Å²) in [6.07, 6.45) is 4.05. The molecule has 0 aromatic carbocycles. The predicted octanol–water partition coefficient (Wildman–Crippen LogP) is 0.960. The van der Waals surface area contributed by atoms with E-state index in [0.717, 1.165) is 32.4 Å². The Bertz CT molecular complexity index is 293. The van der Waals surface area contributed by atoms with Crippen molar-refractivity contribution in [2.75, 3.05) is 19.6 Å². The number of nitrogens with zero attached hydrogens (tertiary/aromatic N) is 1. The van der Waals surface area contributed by atoms with Gasteiger partial charge >= 0.3 is 0 Å². The fourth-order valence-electron chi connectivity index (χ4n) is 3.14. The zero-order chi connectivity index (χ0) is 13.1. The number of carbonyl (C=O) groups is 1. The van der Waals surface area contributed by atoms with E-state index in [9.17, 15) is 4.79 Å². The van der Waals surface area contributed by atoms with E-state index in [2.05, 4.69) is 24.1 Å². The number of likely N-dealkylation sites (tertiary alicyclic amines) is 1. The van der Waals surface area contributed by atoms with Crippen LogP contribution in [0, 0.1) is 11.8 Å². The van der Waals surface area contributed by atoms with Crippen molar-refractivity contribution >= 4 is 5.91 Å². The molecule has 1 saturated carbocycles. The van der Waals surface area contributed by atoms with Gasteiger partial charge in [0.15, 0.2) is 0 Å². The molecule has 2 rings (SSSR count). The summed E-state index contributed by atoms with van der Waals surface area (Å²) in [5.41, 5.74) is 5.85. The molecule has 3 N–H and O–H groups in total. The predicted molar refractivity (Wildman–Crippen MR) is 73.1 cm³/mol. The highest BCUT2D eigenvalue weighted by Gasteiger charge is 2.29. The van der Waals surface area contributed by atoms with Gasteiger partial charge in [0.2, 0.25) is 5.91 Å². The van der Waals surface area contributed by atoms with Crippen LogP contribution < -0.4 is 11.1 Å². The first-order valence-corrected chi connectivity index (χ1v) is 7.33. The molecule has 4 nitrogen and oxygen atoms in total. The van der Waals surface area contributed by atoms with Gasteiger partial charge in [0.25, 0.3) is 0 Å². The van der Waals surface area contributed by atoms with Crippen LogP contribution in [0.2, 0.25) is 0 Å². The zero-order valence-electron chi connectivity index (χ0n) is 11.7. The molecule has 104 valence electrons.